The summed E-state index contributed by atoms with van der Waals surface area (Å²) in [7, 11) is -3.51. The Labute approximate surface area is 145 Å². The van der Waals surface area contributed by atoms with Gasteiger partial charge >= 0.3 is 0 Å². The normalized spacial score (nSPS) is 16.2. The van der Waals surface area contributed by atoms with E-state index in [0.717, 1.165) is 37.9 Å². The number of piperazine rings is 1. The number of nitrogens with zero attached hydrogens (tertiary/aromatic N) is 3. The van der Waals surface area contributed by atoms with E-state index in [4.69, 9.17) is 0 Å². The molecule has 1 aromatic rings. The summed E-state index contributed by atoms with van der Waals surface area (Å²) >= 11 is 0. The number of rotatable bonds is 6. The van der Waals surface area contributed by atoms with Crippen LogP contribution in [-0.4, -0.2) is 69.6 Å². The first kappa shape index (κ1) is 18.7. The van der Waals surface area contributed by atoms with Gasteiger partial charge in [-0.2, -0.15) is 0 Å². The van der Waals surface area contributed by atoms with E-state index >= 15 is 0 Å². The molecule has 6 nitrogen and oxygen atoms in total. The summed E-state index contributed by atoms with van der Waals surface area (Å²) in [6.07, 6.45) is 2.03. The van der Waals surface area contributed by atoms with Gasteiger partial charge in [0.15, 0.2) is 0 Å². The molecule has 0 bridgehead atoms. The average molecular weight is 353 g/mol. The lowest BCUT2D eigenvalue weighted by Gasteiger charge is -2.35. The molecule has 2 rings (SSSR count). The zero-order valence-corrected chi connectivity index (χ0v) is 15.6. The van der Waals surface area contributed by atoms with Gasteiger partial charge in [0.05, 0.1) is 11.9 Å². The molecule has 0 aliphatic carbocycles. The first-order chi connectivity index (χ1) is 11.3. The van der Waals surface area contributed by atoms with Crippen LogP contribution in [-0.2, 0) is 21.2 Å². The second kappa shape index (κ2) is 7.98. The molecule has 0 aromatic heterocycles. The number of hydrogen-bond acceptors (Lipinski definition) is 4. The molecule has 1 fully saturated rings. The second-order valence-corrected chi connectivity index (χ2v) is 8.01. The highest BCUT2D eigenvalue weighted by molar-refractivity contribution is 7.92. The molecular formula is C17H27N3O3S. The summed E-state index contributed by atoms with van der Waals surface area (Å²) in [5.41, 5.74) is 1.67. The van der Waals surface area contributed by atoms with Crippen molar-refractivity contribution < 1.29 is 13.2 Å². The molecule has 0 N–H and O–H groups in total. The second-order valence-electron chi connectivity index (χ2n) is 6.10. The fourth-order valence-electron chi connectivity index (χ4n) is 2.83. The van der Waals surface area contributed by atoms with Crippen LogP contribution in [0.25, 0.3) is 0 Å². The molecule has 0 spiro atoms. The van der Waals surface area contributed by atoms with Crippen molar-refractivity contribution >= 4 is 21.6 Å². The van der Waals surface area contributed by atoms with Gasteiger partial charge in [0, 0.05) is 26.2 Å². The summed E-state index contributed by atoms with van der Waals surface area (Å²) in [6.45, 7) is 7.96. The summed E-state index contributed by atoms with van der Waals surface area (Å²) in [5.74, 6) is -0.143. The largest absolute Gasteiger partial charge is 0.339 e. The lowest BCUT2D eigenvalue weighted by atomic mass is 10.1. The van der Waals surface area contributed by atoms with Gasteiger partial charge in [-0.1, -0.05) is 26.0 Å². The highest BCUT2D eigenvalue weighted by Gasteiger charge is 2.26. The van der Waals surface area contributed by atoms with Crippen molar-refractivity contribution in [3.05, 3.63) is 29.8 Å². The third-order valence-electron chi connectivity index (χ3n) is 4.48. The summed E-state index contributed by atoms with van der Waals surface area (Å²) in [4.78, 5) is 16.6. The Hall–Kier alpha value is -1.60. The third-order valence-corrected chi connectivity index (χ3v) is 5.62. The summed E-state index contributed by atoms with van der Waals surface area (Å²) in [5, 5.41) is 0. The predicted octanol–water partition coefficient (Wildman–Crippen LogP) is 1.18. The molecule has 134 valence electrons. The van der Waals surface area contributed by atoms with E-state index < -0.39 is 10.0 Å². The fourth-order valence-corrected chi connectivity index (χ4v) is 3.68. The number of hydrogen-bond donors (Lipinski definition) is 0. The number of sulfonamides is 1. The number of amides is 1. The van der Waals surface area contributed by atoms with E-state index in [1.165, 1.54) is 4.31 Å². The number of anilines is 1. The van der Waals surface area contributed by atoms with Crippen LogP contribution in [0, 0.1) is 0 Å². The van der Waals surface area contributed by atoms with Crippen LogP contribution in [0.4, 0.5) is 5.69 Å². The van der Waals surface area contributed by atoms with Gasteiger partial charge in [0.2, 0.25) is 15.9 Å². The minimum absolute atomic E-state index is 0.142. The molecule has 1 aromatic carbocycles. The SMILES string of the molecule is CCc1ccc(N(CC(=O)N2CCN(CC)CC2)S(C)(=O)=O)cc1. The first-order valence-electron chi connectivity index (χ1n) is 8.42. The van der Waals surface area contributed by atoms with Gasteiger partial charge < -0.3 is 9.80 Å². The van der Waals surface area contributed by atoms with Crippen molar-refractivity contribution in [2.45, 2.75) is 20.3 Å². The minimum atomic E-state index is -3.51. The summed E-state index contributed by atoms with van der Waals surface area (Å²) < 4.78 is 25.5. The standard InChI is InChI=1S/C17H27N3O3S/c1-4-15-6-8-16(9-7-15)20(24(3,22)23)14-17(21)19-12-10-18(5-2)11-13-19/h6-9H,4-5,10-14H2,1-3H3. The van der Waals surface area contributed by atoms with Gasteiger partial charge in [-0.3, -0.25) is 9.10 Å². The molecule has 1 aliphatic rings. The van der Waals surface area contributed by atoms with Crippen LogP contribution in [0.15, 0.2) is 24.3 Å². The Morgan fingerprint density at radius 2 is 1.67 bits per heavy atom. The number of carbonyl (C=O) groups is 1. The van der Waals surface area contributed by atoms with Crippen LogP contribution in [0.2, 0.25) is 0 Å². The zero-order valence-electron chi connectivity index (χ0n) is 14.7. The fraction of sp³-hybridized carbons (Fsp3) is 0.588. The predicted molar refractivity (Wildman–Crippen MR) is 96.7 cm³/mol. The van der Waals surface area contributed by atoms with Gasteiger partial charge in [-0.15, -0.1) is 0 Å². The maximum atomic E-state index is 12.5. The lowest BCUT2D eigenvalue weighted by molar-refractivity contribution is -0.131. The van der Waals surface area contributed by atoms with E-state index in [9.17, 15) is 13.2 Å². The quantitative estimate of drug-likeness (QED) is 0.770. The van der Waals surface area contributed by atoms with E-state index in [1.807, 2.05) is 19.1 Å². The number of benzene rings is 1. The Balaban J connectivity index is 2.10. The maximum absolute atomic E-state index is 12.5. The van der Waals surface area contributed by atoms with Crippen LogP contribution in [0.1, 0.15) is 19.4 Å². The van der Waals surface area contributed by atoms with Gasteiger partial charge in [-0.05, 0) is 30.7 Å². The molecule has 0 unspecified atom stereocenters. The Kier molecular flexibility index (Phi) is 6.23. The number of carbonyl (C=O) groups excluding carboxylic acids is 1. The van der Waals surface area contributed by atoms with Crippen molar-refractivity contribution in [3.63, 3.8) is 0 Å². The Morgan fingerprint density at radius 1 is 1.08 bits per heavy atom. The zero-order chi connectivity index (χ0) is 17.7. The smallest absolute Gasteiger partial charge is 0.243 e. The van der Waals surface area contributed by atoms with Gasteiger partial charge in [0.1, 0.15) is 6.54 Å². The Morgan fingerprint density at radius 3 is 2.12 bits per heavy atom. The van der Waals surface area contributed by atoms with Crippen molar-refractivity contribution in [1.82, 2.24) is 9.80 Å². The van der Waals surface area contributed by atoms with Crippen LogP contribution >= 0.6 is 0 Å². The van der Waals surface area contributed by atoms with Crippen molar-refractivity contribution in [2.24, 2.45) is 0 Å². The number of aryl methyl sites for hydroxylation is 1. The van der Waals surface area contributed by atoms with Crippen LogP contribution in [0.3, 0.4) is 0 Å². The highest BCUT2D eigenvalue weighted by Crippen LogP contribution is 2.19. The van der Waals surface area contributed by atoms with Crippen molar-refractivity contribution in [3.8, 4) is 0 Å². The first-order valence-corrected chi connectivity index (χ1v) is 10.3. The van der Waals surface area contributed by atoms with Gasteiger partial charge in [-0.25, -0.2) is 8.42 Å². The molecule has 0 saturated carbocycles. The van der Waals surface area contributed by atoms with Crippen LogP contribution < -0.4 is 4.31 Å². The number of likely N-dealkylation sites (N-methyl/N-ethyl adjacent to an activating group) is 1. The van der Waals surface area contributed by atoms with E-state index in [0.29, 0.717) is 18.8 Å². The molecule has 0 radical (unpaired) electrons. The third kappa shape index (κ3) is 4.70. The lowest BCUT2D eigenvalue weighted by Crippen LogP contribution is -2.51. The van der Waals surface area contributed by atoms with E-state index in [2.05, 4.69) is 11.8 Å². The molecule has 1 heterocycles. The van der Waals surface area contributed by atoms with E-state index in [1.54, 1.807) is 17.0 Å². The topological polar surface area (TPSA) is 60.9 Å². The molecule has 1 saturated heterocycles. The maximum Gasteiger partial charge on any atom is 0.243 e. The molecule has 0 atom stereocenters. The molecule has 24 heavy (non-hydrogen) atoms. The van der Waals surface area contributed by atoms with Crippen molar-refractivity contribution in [1.29, 1.82) is 0 Å². The van der Waals surface area contributed by atoms with E-state index in [-0.39, 0.29) is 12.5 Å². The highest BCUT2D eigenvalue weighted by atomic mass is 32.2. The molecular weight excluding hydrogens is 326 g/mol. The monoisotopic (exact) mass is 353 g/mol. The van der Waals surface area contributed by atoms with Gasteiger partial charge in [0.25, 0.3) is 0 Å². The Bertz CT molecular complexity index is 650. The van der Waals surface area contributed by atoms with Crippen molar-refractivity contribution in [2.75, 3.05) is 49.8 Å². The average Bonchev–Trinajstić information content (AvgIpc) is 2.58. The molecule has 7 heteroatoms. The van der Waals surface area contributed by atoms with Crippen LogP contribution in [0.5, 0.6) is 0 Å². The molecule has 1 amide bonds. The molecule has 1 aliphatic heterocycles. The minimum Gasteiger partial charge on any atom is -0.339 e. The summed E-state index contributed by atoms with van der Waals surface area (Å²) in [6, 6.07) is 7.33.